The van der Waals surface area contributed by atoms with Crippen molar-refractivity contribution in [3.05, 3.63) is 41.2 Å². The number of anilines is 1. The Morgan fingerprint density at radius 2 is 2.08 bits per heavy atom. The van der Waals surface area contributed by atoms with Gasteiger partial charge < -0.3 is 19.6 Å². The largest absolute Gasteiger partial charge is 0.491 e. The minimum absolute atomic E-state index is 0.191. The van der Waals surface area contributed by atoms with Gasteiger partial charge >= 0.3 is 5.97 Å². The van der Waals surface area contributed by atoms with Crippen LogP contribution in [-0.2, 0) is 27.3 Å². The fourth-order valence-electron chi connectivity index (χ4n) is 2.87. The summed E-state index contributed by atoms with van der Waals surface area (Å²) in [6.07, 6.45) is 2.61. The van der Waals surface area contributed by atoms with E-state index in [-0.39, 0.29) is 18.2 Å². The Labute approximate surface area is 142 Å². The molecule has 0 aromatic heterocycles. The summed E-state index contributed by atoms with van der Waals surface area (Å²) in [7, 11) is 5.32. The minimum atomic E-state index is -1.00. The predicted molar refractivity (Wildman–Crippen MR) is 91.8 cm³/mol. The monoisotopic (exact) mass is 332 g/mol. The third-order valence-corrected chi connectivity index (χ3v) is 4.20. The van der Waals surface area contributed by atoms with Crippen molar-refractivity contribution in [2.24, 2.45) is 0 Å². The van der Waals surface area contributed by atoms with Gasteiger partial charge in [0.1, 0.15) is 6.04 Å². The molecule has 1 aliphatic rings. The van der Waals surface area contributed by atoms with Gasteiger partial charge in [-0.25, -0.2) is 4.79 Å². The zero-order chi connectivity index (χ0) is 17.9. The number of carboxylic acid groups (broad SMARTS) is 1. The van der Waals surface area contributed by atoms with Crippen molar-refractivity contribution in [3.8, 4) is 0 Å². The summed E-state index contributed by atoms with van der Waals surface area (Å²) in [4.78, 5) is 27.7. The van der Waals surface area contributed by atoms with Crippen LogP contribution in [0.5, 0.6) is 0 Å². The molecule has 1 aromatic rings. The standard InChI is InChI=1S/C18H24N2O4/c1-5-6-16(24-4)17(21)20-11-13-9-14(19(2)3)8-7-12(13)10-15(20)18(22)23/h6-9,15H,5,10-11H2,1-4H3,(H,22,23)/b16-6-. The van der Waals surface area contributed by atoms with Crippen molar-refractivity contribution in [2.45, 2.75) is 32.4 Å². The van der Waals surface area contributed by atoms with E-state index >= 15 is 0 Å². The van der Waals surface area contributed by atoms with Crippen LogP contribution < -0.4 is 4.90 Å². The maximum absolute atomic E-state index is 12.7. The number of ether oxygens (including phenoxy) is 1. The molecule has 0 radical (unpaired) electrons. The molecule has 1 heterocycles. The number of rotatable bonds is 5. The molecule has 1 aliphatic heterocycles. The molecular weight excluding hydrogens is 308 g/mol. The summed E-state index contributed by atoms with van der Waals surface area (Å²) in [6.45, 7) is 2.16. The van der Waals surface area contributed by atoms with Gasteiger partial charge in [0.15, 0.2) is 5.76 Å². The van der Waals surface area contributed by atoms with E-state index in [9.17, 15) is 14.7 Å². The van der Waals surface area contributed by atoms with Crippen molar-refractivity contribution in [1.29, 1.82) is 0 Å². The van der Waals surface area contributed by atoms with E-state index in [1.54, 1.807) is 6.08 Å². The number of carboxylic acids is 1. The number of benzene rings is 1. The lowest BCUT2D eigenvalue weighted by Gasteiger charge is -2.35. The number of carbonyl (C=O) groups is 2. The number of aliphatic carboxylic acids is 1. The lowest BCUT2D eigenvalue weighted by Crippen LogP contribution is -2.49. The first-order valence-electron chi connectivity index (χ1n) is 7.96. The molecule has 24 heavy (non-hydrogen) atoms. The lowest BCUT2D eigenvalue weighted by molar-refractivity contribution is -0.151. The van der Waals surface area contributed by atoms with Gasteiger partial charge in [0.2, 0.25) is 0 Å². The molecule has 0 spiro atoms. The van der Waals surface area contributed by atoms with Crippen LogP contribution in [0.4, 0.5) is 5.69 Å². The van der Waals surface area contributed by atoms with E-state index in [0.717, 1.165) is 16.8 Å². The molecular formula is C18H24N2O4. The van der Waals surface area contributed by atoms with Gasteiger partial charge in [-0.15, -0.1) is 0 Å². The lowest BCUT2D eigenvalue weighted by atomic mass is 9.93. The summed E-state index contributed by atoms with van der Waals surface area (Å²) in [5, 5.41) is 9.55. The second-order valence-electron chi connectivity index (χ2n) is 6.02. The molecule has 6 heteroatoms. The number of hydrogen-bond donors (Lipinski definition) is 1. The fraction of sp³-hybridized carbons (Fsp3) is 0.444. The van der Waals surface area contributed by atoms with E-state index in [1.165, 1.54) is 12.0 Å². The minimum Gasteiger partial charge on any atom is -0.491 e. The van der Waals surface area contributed by atoms with E-state index in [2.05, 4.69) is 0 Å². The number of carbonyl (C=O) groups excluding carboxylic acids is 1. The molecule has 0 fully saturated rings. The zero-order valence-electron chi connectivity index (χ0n) is 14.6. The van der Waals surface area contributed by atoms with Crippen LogP contribution in [0.15, 0.2) is 30.0 Å². The average molecular weight is 332 g/mol. The topological polar surface area (TPSA) is 70.1 Å². The molecule has 0 aliphatic carbocycles. The molecule has 0 bridgehead atoms. The first kappa shape index (κ1) is 17.8. The van der Waals surface area contributed by atoms with E-state index in [1.807, 2.05) is 44.1 Å². The van der Waals surface area contributed by atoms with Crippen LogP contribution in [0.2, 0.25) is 0 Å². The molecule has 1 N–H and O–H groups in total. The van der Waals surface area contributed by atoms with E-state index in [4.69, 9.17) is 4.74 Å². The van der Waals surface area contributed by atoms with Crippen molar-refractivity contribution in [3.63, 3.8) is 0 Å². The van der Waals surface area contributed by atoms with Crippen LogP contribution in [0.25, 0.3) is 0 Å². The van der Waals surface area contributed by atoms with Gasteiger partial charge in [-0.3, -0.25) is 4.79 Å². The van der Waals surface area contributed by atoms with Crippen LogP contribution >= 0.6 is 0 Å². The average Bonchev–Trinajstić information content (AvgIpc) is 2.57. The molecule has 1 aromatic carbocycles. The molecule has 0 saturated heterocycles. The summed E-state index contributed by atoms with van der Waals surface area (Å²) in [5.41, 5.74) is 2.96. The maximum atomic E-state index is 12.7. The molecule has 1 amide bonds. The Balaban J connectivity index is 2.40. The van der Waals surface area contributed by atoms with Gasteiger partial charge in [-0.1, -0.05) is 13.0 Å². The van der Waals surface area contributed by atoms with Crippen LogP contribution in [0.3, 0.4) is 0 Å². The molecule has 1 unspecified atom stereocenters. The van der Waals surface area contributed by atoms with E-state index in [0.29, 0.717) is 12.8 Å². The summed E-state index contributed by atoms with van der Waals surface area (Å²) < 4.78 is 5.15. The normalized spacial score (nSPS) is 17.2. The first-order valence-corrected chi connectivity index (χ1v) is 7.96. The summed E-state index contributed by atoms with van der Waals surface area (Å²) >= 11 is 0. The Morgan fingerprint density at radius 3 is 2.62 bits per heavy atom. The molecule has 130 valence electrons. The highest BCUT2D eigenvalue weighted by Gasteiger charge is 2.36. The number of nitrogens with zero attached hydrogens (tertiary/aromatic N) is 2. The summed E-state index contributed by atoms with van der Waals surface area (Å²) in [5.74, 6) is -1.19. The SMILES string of the molecule is CC/C=C(\OC)C(=O)N1Cc2cc(N(C)C)ccc2CC1C(=O)O. The Kier molecular flexibility index (Phi) is 5.49. The van der Waals surface area contributed by atoms with Crippen LogP contribution in [0.1, 0.15) is 24.5 Å². The van der Waals surface area contributed by atoms with Gasteiger partial charge in [0.25, 0.3) is 5.91 Å². The van der Waals surface area contributed by atoms with Crippen molar-refractivity contribution >= 4 is 17.6 Å². The maximum Gasteiger partial charge on any atom is 0.326 e. The van der Waals surface area contributed by atoms with Gasteiger partial charge in [-0.2, -0.15) is 0 Å². The second kappa shape index (κ2) is 7.38. The summed E-state index contributed by atoms with van der Waals surface area (Å²) in [6, 6.07) is 5.03. The smallest absolute Gasteiger partial charge is 0.326 e. The Hall–Kier alpha value is -2.50. The van der Waals surface area contributed by atoms with Crippen molar-refractivity contribution < 1.29 is 19.4 Å². The molecule has 1 atom stereocenters. The van der Waals surface area contributed by atoms with Crippen molar-refractivity contribution in [1.82, 2.24) is 4.90 Å². The predicted octanol–water partition coefficient (Wildman–Crippen LogP) is 2.03. The highest BCUT2D eigenvalue weighted by atomic mass is 16.5. The van der Waals surface area contributed by atoms with Crippen molar-refractivity contribution in [2.75, 3.05) is 26.1 Å². The zero-order valence-corrected chi connectivity index (χ0v) is 14.6. The molecule has 2 rings (SSSR count). The number of methoxy groups -OCH3 is 1. The number of amides is 1. The third kappa shape index (κ3) is 3.53. The Bertz CT molecular complexity index is 667. The third-order valence-electron chi connectivity index (χ3n) is 4.20. The fourth-order valence-corrected chi connectivity index (χ4v) is 2.87. The van der Waals surface area contributed by atoms with Gasteiger partial charge in [-0.05, 0) is 35.8 Å². The number of fused-ring (bicyclic) bond motifs is 1. The number of hydrogen-bond acceptors (Lipinski definition) is 4. The Morgan fingerprint density at radius 1 is 1.38 bits per heavy atom. The molecule has 6 nitrogen and oxygen atoms in total. The quantitative estimate of drug-likeness (QED) is 0.660. The van der Waals surface area contributed by atoms with Crippen LogP contribution in [-0.4, -0.2) is 49.1 Å². The second-order valence-corrected chi connectivity index (χ2v) is 6.02. The molecule has 0 saturated carbocycles. The van der Waals surface area contributed by atoms with Gasteiger partial charge in [0, 0.05) is 32.7 Å². The number of allylic oxidation sites excluding steroid dienone is 1. The van der Waals surface area contributed by atoms with Gasteiger partial charge in [0.05, 0.1) is 7.11 Å². The first-order chi connectivity index (χ1) is 11.4. The van der Waals surface area contributed by atoms with E-state index < -0.39 is 12.0 Å². The van der Waals surface area contributed by atoms with Crippen LogP contribution in [0, 0.1) is 0 Å². The highest BCUT2D eigenvalue weighted by Crippen LogP contribution is 2.28. The highest BCUT2D eigenvalue weighted by molar-refractivity contribution is 5.94.